The zero-order valence-electron chi connectivity index (χ0n) is 15.3. The zero-order valence-corrected chi connectivity index (χ0v) is 15.3. The van der Waals surface area contributed by atoms with Gasteiger partial charge in [0.2, 0.25) is 11.8 Å². The minimum atomic E-state index is -0.953. The first kappa shape index (κ1) is 18.7. The SMILES string of the molecule is O=C1CCC(N2C(=O)c3cccc(CNC4CNCCOC4)c3C2=O)C(=O)N1. The maximum atomic E-state index is 13.0. The average molecular weight is 386 g/mol. The van der Waals surface area contributed by atoms with Crippen molar-refractivity contribution in [2.75, 3.05) is 26.3 Å². The second-order valence-electron chi connectivity index (χ2n) is 7.14. The van der Waals surface area contributed by atoms with Gasteiger partial charge in [-0.3, -0.25) is 29.4 Å². The number of fused-ring (bicyclic) bond motifs is 1. The smallest absolute Gasteiger partial charge is 0.262 e. The van der Waals surface area contributed by atoms with Crippen LogP contribution in [-0.4, -0.2) is 66.9 Å². The molecule has 148 valence electrons. The molecule has 0 spiro atoms. The zero-order chi connectivity index (χ0) is 19.7. The van der Waals surface area contributed by atoms with Gasteiger partial charge in [0.05, 0.1) is 24.3 Å². The lowest BCUT2D eigenvalue weighted by atomic mass is 10.0. The van der Waals surface area contributed by atoms with Gasteiger partial charge < -0.3 is 15.4 Å². The normalized spacial score (nSPS) is 25.5. The molecule has 1 aromatic rings. The average Bonchev–Trinajstić information content (AvgIpc) is 2.85. The summed E-state index contributed by atoms with van der Waals surface area (Å²) in [6, 6.07) is 4.27. The van der Waals surface area contributed by atoms with Crippen molar-refractivity contribution < 1.29 is 23.9 Å². The number of piperidine rings is 1. The molecule has 28 heavy (non-hydrogen) atoms. The van der Waals surface area contributed by atoms with E-state index in [1.54, 1.807) is 18.2 Å². The highest BCUT2D eigenvalue weighted by Crippen LogP contribution is 2.29. The molecule has 2 atom stereocenters. The highest BCUT2D eigenvalue weighted by Gasteiger charge is 2.45. The number of amides is 4. The van der Waals surface area contributed by atoms with Crippen molar-refractivity contribution in [1.82, 2.24) is 20.9 Å². The molecular formula is C19H22N4O5. The van der Waals surface area contributed by atoms with Crippen molar-refractivity contribution in [3.8, 4) is 0 Å². The van der Waals surface area contributed by atoms with Gasteiger partial charge in [-0.1, -0.05) is 12.1 Å². The van der Waals surface area contributed by atoms with Crippen molar-refractivity contribution >= 4 is 23.6 Å². The fourth-order valence-electron chi connectivity index (χ4n) is 3.82. The summed E-state index contributed by atoms with van der Waals surface area (Å²) >= 11 is 0. The predicted molar refractivity (Wildman–Crippen MR) is 97.4 cm³/mol. The summed E-state index contributed by atoms with van der Waals surface area (Å²) in [6.45, 7) is 3.18. The number of hydrogen-bond donors (Lipinski definition) is 3. The summed E-state index contributed by atoms with van der Waals surface area (Å²) < 4.78 is 5.52. The van der Waals surface area contributed by atoms with Crippen LogP contribution in [0.1, 0.15) is 39.1 Å². The molecule has 4 rings (SSSR count). The maximum absolute atomic E-state index is 13.0. The minimum absolute atomic E-state index is 0.0943. The maximum Gasteiger partial charge on any atom is 0.262 e. The number of ether oxygens (including phenoxy) is 1. The number of imide groups is 2. The fourth-order valence-corrected chi connectivity index (χ4v) is 3.82. The van der Waals surface area contributed by atoms with E-state index in [-0.39, 0.29) is 24.8 Å². The Labute approximate surface area is 161 Å². The number of hydrogen-bond acceptors (Lipinski definition) is 7. The number of nitrogens with zero attached hydrogens (tertiary/aromatic N) is 1. The topological polar surface area (TPSA) is 117 Å². The predicted octanol–water partition coefficient (Wildman–Crippen LogP) is -0.834. The van der Waals surface area contributed by atoms with Gasteiger partial charge in [-0.25, -0.2) is 0 Å². The van der Waals surface area contributed by atoms with Gasteiger partial charge in [0, 0.05) is 32.1 Å². The summed E-state index contributed by atoms with van der Waals surface area (Å²) in [5.41, 5.74) is 1.33. The molecule has 0 aromatic heterocycles. The van der Waals surface area contributed by atoms with Crippen LogP contribution < -0.4 is 16.0 Å². The van der Waals surface area contributed by atoms with Crippen molar-refractivity contribution in [3.05, 3.63) is 34.9 Å². The van der Waals surface area contributed by atoms with E-state index in [2.05, 4.69) is 16.0 Å². The summed E-state index contributed by atoms with van der Waals surface area (Å²) in [6.07, 6.45) is 0.252. The lowest BCUT2D eigenvalue weighted by Gasteiger charge is -2.27. The standard InChI is InChI=1S/C19H22N4O5/c24-15-5-4-14(17(25)22-15)23-18(26)13-3-1-2-11(16(13)19(23)27)8-21-12-9-20-6-7-28-10-12/h1-3,12,14,20-21H,4-10H2,(H,22,24,25). The number of rotatable bonds is 4. The van der Waals surface area contributed by atoms with E-state index in [1.807, 2.05) is 0 Å². The summed E-state index contributed by atoms with van der Waals surface area (Å²) in [7, 11) is 0. The lowest BCUT2D eigenvalue weighted by Crippen LogP contribution is -2.54. The van der Waals surface area contributed by atoms with Gasteiger partial charge in [-0.05, 0) is 18.1 Å². The van der Waals surface area contributed by atoms with Crippen molar-refractivity contribution in [2.45, 2.75) is 31.5 Å². The van der Waals surface area contributed by atoms with E-state index in [0.29, 0.717) is 36.4 Å². The Hall–Kier alpha value is -2.62. The summed E-state index contributed by atoms with van der Waals surface area (Å²) in [5, 5.41) is 8.84. The van der Waals surface area contributed by atoms with Gasteiger partial charge in [-0.15, -0.1) is 0 Å². The third-order valence-corrected chi connectivity index (χ3v) is 5.27. The Kier molecular flexibility index (Phi) is 5.21. The second-order valence-corrected chi connectivity index (χ2v) is 7.14. The molecule has 1 aromatic carbocycles. The summed E-state index contributed by atoms with van der Waals surface area (Å²) in [5.74, 6) is -1.97. The van der Waals surface area contributed by atoms with Crippen LogP contribution in [0, 0.1) is 0 Å². The molecule has 9 heteroatoms. The van der Waals surface area contributed by atoms with Gasteiger partial charge >= 0.3 is 0 Å². The number of nitrogens with one attached hydrogen (secondary N) is 3. The Bertz CT molecular complexity index is 832. The molecule has 2 unspecified atom stereocenters. The molecule has 3 heterocycles. The number of carbonyl (C=O) groups excluding carboxylic acids is 4. The molecule has 2 saturated heterocycles. The minimum Gasteiger partial charge on any atom is -0.378 e. The third-order valence-electron chi connectivity index (χ3n) is 5.27. The first-order valence-electron chi connectivity index (χ1n) is 9.41. The molecule has 3 aliphatic rings. The van der Waals surface area contributed by atoms with Crippen LogP contribution in [0.4, 0.5) is 0 Å². The first-order valence-corrected chi connectivity index (χ1v) is 9.41. The number of benzene rings is 1. The Morgan fingerprint density at radius 2 is 2.04 bits per heavy atom. The van der Waals surface area contributed by atoms with E-state index in [0.717, 1.165) is 18.0 Å². The third kappa shape index (κ3) is 3.44. The van der Waals surface area contributed by atoms with Crippen LogP contribution in [0.3, 0.4) is 0 Å². The van der Waals surface area contributed by atoms with Crippen LogP contribution >= 0.6 is 0 Å². The van der Waals surface area contributed by atoms with E-state index in [4.69, 9.17) is 4.74 Å². The molecule has 9 nitrogen and oxygen atoms in total. The van der Waals surface area contributed by atoms with Crippen molar-refractivity contribution in [3.63, 3.8) is 0 Å². The Morgan fingerprint density at radius 3 is 2.86 bits per heavy atom. The fraction of sp³-hybridized carbons (Fsp3) is 0.474. The molecule has 0 saturated carbocycles. The van der Waals surface area contributed by atoms with Gasteiger partial charge in [0.15, 0.2) is 0 Å². The van der Waals surface area contributed by atoms with E-state index in [9.17, 15) is 19.2 Å². The van der Waals surface area contributed by atoms with Crippen LogP contribution in [0.2, 0.25) is 0 Å². The lowest BCUT2D eigenvalue weighted by molar-refractivity contribution is -0.136. The highest BCUT2D eigenvalue weighted by molar-refractivity contribution is 6.24. The molecule has 0 radical (unpaired) electrons. The highest BCUT2D eigenvalue weighted by atomic mass is 16.5. The Morgan fingerprint density at radius 1 is 1.18 bits per heavy atom. The van der Waals surface area contributed by atoms with Gasteiger partial charge in [0.25, 0.3) is 11.8 Å². The van der Waals surface area contributed by atoms with Crippen LogP contribution in [0.15, 0.2) is 18.2 Å². The largest absolute Gasteiger partial charge is 0.378 e. The van der Waals surface area contributed by atoms with E-state index < -0.39 is 23.8 Å². The number of carbonyl (C=O) groups is 4. The van der Waals surface area contributed by atoms with Crippen molar-refractivity contribution in [2.24, 2.45) is 0 Å². The second kappa shape index (κ2) is 7.78. The van der Waals surface area contributed by atoms with Crippen LogP contribution in [0.25, 0.3) is 0 Å². The molecule has 4 amide bonds. The molecule has 0 bridgehead atoms. The molecule has 0 aliphatic carbocycles. The summed E-state index contributed by atoms with van der Waals surface area (Å²) in [4.78, 5) is 50.4. The van der Waals surface area contributed by atoms with E-state index >= 15 is 0 Å². The van der Waals surface area contributed by atoms with Gasteiger partial charge in [0.1, 0.15) is 6.04 Å². The molecule has 3 aliphatic heterocycles. The van der Waals surface area contributed by atoms with Crippen molar-refractivity contribution in [1.29, 1.82) is 0 Å². The monoisotopic (exact) mass is 386 g/mol. The molecule has 3 N–H and O–H groups in total. The molecule has 2 fully saturated rings. The Balaban J connectivity index is 1.54. The van der Waals surface area contributed by atoms with Crippen LogP contribution in [-0.2, 0) is 20.9 Å². The van der Waals surface area contributed by atoms with E-state index in [1.165, 1.54) is 0 Å². The van der Waals surface area contributed by atoms with Gasteiger partial charge in [-0.2, -0.15) is 0 Å². The van der Waals surface area contributed by atoms with Crippen LogP contribution in [0.5, 0.6) is 0 Å². The molecular weight excluding hydrogens is 364 g/mol. The first-order chi connectivity index (χ1) is 13.6. The quantitative estimate of drug-likeness (QED) is 0.578.